The first-order chi connectivity index (χ1) is 7.72. The monoisotopic (exact) mass is 286 g/mol. The Labute approximate surface area is 106 Å². The summed E-state index contributed by atoms with van der Waals surface area (Å²) in [6, 6.07) is 8.07. The maximum atomic E-state index is 5.58. The summed E-state index contributed by atoms with van der Waals surface area (Å²) < 4.78 is 11.0. The van der Waals surface area contributed by atoms with E-state index in [1.807, 2.05) is 18.2 Å². The van der Waals surface area contributed by atoms with E-state index in [0.717, 1.165) is 17.7 Å². The number of ether oxygens (including phenoxy) is 2. The second-order valence-electron chi connectivity index (χ2n) is 4.10. The molecule has 2 nitrogen and oxygen atoms in total. The van der Waals surface area contributed by atoms with Crippen LogP contribution in [0.15, 0.2) is 24.3 Å². The van der Waals surface area contributed by atoms with Crippen LogP contribution >= 0.6 is 15.9 Å². The Morgan fingerprint density at radius 3 is 2.75 bits per heavy atom. The van der Waals surface area contributed by atoms with Crippen LogP contribution in [0.1, 0.15) is 19.4 Å². The fraction of sp³-hybridized carbons (Fsp3) is 0.538. The van der Waals surface area contributed by atoms with Gasteiger partial charge in [-0.3, -0.25) is 0 Å². The molecule has 0 aromatic heterocycles. The Hall–Kier alpha value is -0.540. The number of hydrogen-bond donors (Lipinski definition) is 0. The van der Waals surface area contributed by atoms with Crippen molar-refractivity contribution in [3.05, 3.63) is 29.8 Å². The molecular weight excluding hydrogens is 268 g/mol. The van der Waals surface area contributed by atoms with E-state index in [9.17, 15) is 0 Å². The van der Waals surface area contributed by atoms with Crippen molar-refractivity contribution in [2.75, 3.05) is 19.8 Å². The molecule has 1 aromatic carbocycles. The van der Waals surface area contributed by atoms with Gasteiger partial charge in [0.15, 0.2) is 0 Å². The van der Waals surface area contributed by atoms with Gasteiger partial charge in [-0.1, -0.05) is 41.9 Å². The lowest BCUT2D eigenvalue weighted by Crippen LogP contribution is -2.10. The van der Waals surface area contributed by atoms with Gasteiger partial charge >= 0.3 is 0 Å². The van der Waals surface area contributed by atoms with Gasteiger partial charge in [0.1, 0.15) is 12.4 Å². The molecule has 0 aliphatic heterocycles. The van der Waals surface area contributed by atoms with Gasteiger partial charge in [-0.05, 0) is 23.6 Å². The molecule has 0 unspecified atom stereocenters. The van der Waals surface area contributed by atoms with Crippen LogP contribution in [-0.2, 0) is 10.1 Å². The van der Waals surface area contributed by atoms with Crippen molar-refractivity contribution in [3.63, 3.8) is 0 Å². The van der Waals surface area contributed by atoms with Gasteiger partial charge in [0.05, 0.1) is 6.61 Å². The van der Waals surface area contributed by atoms with Gasteiger partial charge in [0, 0.05) is 11.9 Å². The molecule has 0 radical (unpaired) electrons. The van der Waals surface area contributed by atoms with E-state index in [4.69, 9.17) is 9.47 Å². The summed E-state index contributed by atoms with van der Waals surface area (Å²) in [4.78, 5) is 0. The lowest BCUT2D eigenvalue weighted by Gasteiger charge is -2.09. The zero-order valence-electron chi connectivity index (χ0n) is 9.91. The summed E-state index contributed by atoms with van der Waals surface area (Å²) >= 11 is 3.42. The first-order valence-electron chi connectivity index (χ1n) is 5.58. The number of alkyl halides is 1. The van der Waals surface area contributed by atoms with Gasteiger partial charge in [0.25, 0.3) is 0 Å². The highest BCUT2D eigenvalue weighted by molar-refractivity contribution is 9.08. The minimum absolute atomic E-state index is 0.580. The summed E-state index contributed by atoms with van der Waals surface area (Å²) in [6.07, 6.45) is 0. The van der Waals surface area contributed by atoms with Crippen molar-refractivity contribution in [2.45, 2.75) is 19.2 Å². The average Bonchev–Trinajstić information content (AvgIpc) is 2.28. The van der Waals surface area contributed by atoms with Crippen molar-refractivity contribution >= 4 is 15.9 Å². The second-order valence-corrected chi connectivity index (χ2v) is 4.66. The molecule has 0 N–H and O–H groups in total. The fourth-order valence-corrected chi connectivity index (χ4v) is 1.60. The van der Waals surface area contributed by atoms with E-state index in [2.05, 4.69) is 35.8 Å². The summed E-state index contributed by atoms with van der Waals surface area (Å²) in [7, 11) is 0. The molecule has 90 valence electrons. The van der Waals surface area contributed by atoms with Gasteiger partial charge in [0.2, 0.25) is 0 Å². The van der Waals surface area contributed by atoms with Crippen LogP contribution < -0.4 is 4.74 Å². The standard InChI is InChI=1S/C13H19BrO2/c1-11(2)10-15-6-7-16-13-5-3-4-12(8-13)9-14/h3-5,8,11H,6-7,9-10H2,1-2H3. The van der Waals surface area contributed by atoms with Gasteiger partial charge in [-0.25, -0.2) is 0 Å². The van der Waals surface area contributed by atoms with Crippen LogP contribution in [0.5, 0.6) is 5.75 Å². The molecule has 3 heteroatoms. The third-order valence-corrected chi connectivity index (χ3v) is 2.65. The van der Waals surface area contributed by atoms with E-state index in [1.54, 1.807) is 0 Å². The molecule has 0 amide bonds. The van der Waals surface area contributed by atoms with Crippen LogP contribution in [0.4, 0.5) is 0 Å². The molecule has 1 rings (SSSR count). The number of benzene rings is 1. The van der Waals surface area contributed by atoms with E-state index in [0.29, 0.717) is 19.1 Å². The summed E-state index contributed by atoms with van der Waals surface area (Å²) in [5.74, 6) is 1.49. The van der Waals surface area contributed by atoms with Crippen LogP contribution in [0.25, 0.3) is 0 Å². The quantitative estimate of drug-likeness (QED) is 0.563. The zero-order valence-corrected chi connectivity index (χ0v) is 11.5. The summed E-state index contributed by atoms with van der Waals surface area (Å²) in [5, 5.41) is 0.855. The Morgan fingerprint density at radius 1 is 1.25 bits per heavy atom. The Balaban J connectivity index is 2.21. The van der Waals surface area contributed by atoms with Crippen molar-refractivity contribution < 1.29 is 9.47 Å². The minimum Gasteiger partial charge on any atom is -0.491 e. The predicted molar refractivity (Wildman–Crippen MR) is 70.2 cm³/mol. The molecule has 0 bridgehead atoms. The minimum atomic E-state index is 0.580. The highest BCUT2D eigenvalue weighted by Gasteiger charge is 1.97. The molecule has 0 spiro atoms. The highest BCUT2D eigenvalue weighted by Crippen LogP contribution is 2.15. The molecule has 0 saturated carbocycles. The Kier molecular flexibility index (Phi) is 6.50. The number of hydrogen-bond acceptors (Lipinski definition) is 2. The van der Waals surface area contributed by atoms with Gasteiger partial charge in [-0.2, -0.15) is 0 Å². The predicted octanol–water partition coefficient (Wildman–Crippen LogP) is 3.63. The van der Waals surface area contributed by atoms with Crippen molar-refractivity contribution in [1.29, 1.82) is 0 Å². The zero-order chi connectivity index (χ0) is 11.8. The number of halogens is 1. The largest absolute Gasteiger partial charge is 0.491 e. The van der Waals surface area contributed by atoms with Crippen molar-refractivity contribution in [1.82, 2.24) is 0 Å². The third kappa shape index (κ3) is 5.52. The molecular formula is C13H19BrO2. The maximum Gasteiger partial charge on any atom is 0.119 e. The Morgan fingerprint density at radius 2 is 2.06 bits per heavy atom. The van der Waals surface area contributed by atoms with Crippen LogP contribution in [-0.4, -0.2) is 19.8 Å². The first kappa shape index (κ1) is 13.5. The van der Waals surface area contributed by atoms with Crippen molar-refractivity contribution in [3.8, 4) is 5.75 Å². The lowest BCUT2D eigenvalue weighted by molar-refractivity contribution is 0.0819. The topological polar surface area (TPSA) is 18.5 Å². The molecule has 0 fully saturated rings. The van der Waals surface area contributed by atoms with Crippen LogP contribution in [0, 0.1) is 5.92 Å². The number of rotatable bonds is 7. The van der Waals surface area contributed by atoms with Gasteiger partial charge in [-0.15, -0.1) is 0 Å². The molecule has 0 saturated heterocycles. The van der Waals surface area contributed by atoms with Crippen molar-refractivity contribution in [2.24, 2.45) is 5.92 Å². The molecule has 0 heterocycles. The van der Waals surface area contributed by atoms with E-state index in [1.165, 1.54) is 5.56 Å². The van der Waals surface area contributed by atoms with E-state index < -0.39 is 0 Å². The highest BCUT2D eigenvalue weighted by atomic mass is 79.9. The van der Waals surface area contributed by atoms with Gasteiger partial charge < -0.3 is 9.47 Å². The van der Waals surface area contributed by atoms with E-state index in [-0.39, 0.29) is 0 Å². The van der Waals surface area contributed by atoms with Crippen LogP contribution in [0.3, 0.4) is 0 Å². The molecule has 0 aliphatic rings. The average molecular weight is 287 g/mol. The SMILES string of the molecule is CC(C)COCCOc1cccc(CBr)c1. The molecule has 1 aromatic rings. The first-order valence-corrected chi connectivity index (χ1v) is 6.70. The third-order valence-electron chi connectivity index (χ3n) is 2.00. The summed E-state index contributed by atoms with van der Waals surface area (Å²) in [5.41, 5.74) is 1.22. The Bertz CT molecular complexity index is 300. The smallest absolute Gasteiger partial charge is 0.119 e. The molecule has 0 atom stereocenters. The maximum absolute atomic E-state index is 5.58. The second kappa shape index (κ2) is 7.69. The van der Waals surface area contributed by atoms with E-state index >= 15 is 0 Å². The molecule has 16 heavy (non-hydrogen) atoms. The molecule has 0 aliphatic carbocycles. The normalized spacial score (nSPS) is 10.8. The van der Waals surface area contributed by atoms with Crippen LogP contribution in [0.2, 0.25) is 0 Å². The summed E-state index contributed by atoms with van der Waals surface area (Å²) in [6.45, 7) is 6.33. The fourth-order valence-electron chi connectivity index (χ4n) is 1.26. The lowest BCUT2D eigenvalue weighted by atomic mass is 10.2.